The van der Waals surface area contributed by atoms with Gasteiger partial charge in [-0.1, -0.05) is 39.0 Å². The van der Waals surface area contributed by atoms with Crippen LogP contribution in [0.5, 0.6) is 0 Å². The van der Waals surface area contributed by atoms with E-state index in [1.807, 2.05) is 23.1 Å². The smallest absolute Gasteiger partial charge is 0.224 e. The number of carbonyl (C=O) groups is 1. The second kappa shape index (κ2) is 5.58. The molecule has 3 nitrogen and oxygen atoms in total. The Balaban J connectivity index is 2.14. The summed E-state index contributed by atoms with van der Waals surface area (Å²) in [5.74, 6) is 0.101. The Morgan fingerprint density at radius 1 is 1.33 bits per heavy atom. The minimum absolute atomic E-state index is 0.101. The molecule has 21 heavy (non-hydrogen) atoms. The van der Waals surface area contributed by atoms with Crippen molar-refractivity contribution in [2.24, 2.45) is 0 Å². The highest BCUT2D eigenvalue weighted by Crippen LogP contribution is 2.38. The molecule has 0 aliphatic carbocycles. The van der Waals surface area contributed by atoms with E-state index in [9.17, 15) is 4.79 Å². The SMILES string of the molecule is CC(=O)N1c2ccccc2C[C@@H]1CO[Si](C)(C)C(C)(C)C. The van der Waals surface area contributed by atoms with Crippen LogP contribution in [0.4, 0.5) is 5.69 Å². The van der Waals surface area contributed by atoms with E-state index in [0.29, 0.717) is 6.61 Å². The van der Waals surface area contributed by atoms with Crippen LogP contribution < -0.4 is 4.90 Å². The fourth-order valence-corrected chi connectivity index (χ4v) is 3.58. The Kier molecular flexibility index (Phi) is 4.31. The zero-order chi connectivity index (χ0) is 15.8. The van der Waals surface area contributed by atoms with Crippen LogP contribution in [0.1, 0.15) is 33.3 Å². The van der Waals surface area contributed by atoms with Crippen molar-refractivity contribution in [3.05, 3.63) is 29.8 Å². The molecule has 1 atom stereocenters. The van der Waals surface area contributed by atoms with Crippen molar-refractivity contribution in [1.82, 2.24) is 0 Å². The second-order valence-electron chi connectivity index (χ2n) is 7.45. The molecule has 1 heterocycles. The average Bonchev–Trinajstić information content (AvgIpc) is 2.73. The number of fused-ring (bicyclic) bond motifs is 1. The number of nitrogens with zero attached hydrogens (tertiary/aromatic N) is 1. The van der Waals surface area contributed by atoms with Crippen molar-refractivity contribution >= 4 is 19.9 Å². The van der Waals surface area contributed by atoms with Gasteiger partial charge in [0.25, 0.3) is 0 Å². The maximum absolute atomic E-state index is 12.0. The number of anilines is 1. The predicted octanol–water partition coefficient (Wildman–Crippen LogP) is 3.99. The monoisotopic (exact) mass is 305 g/mol. The highest BCUT2D eigenvalue weighted by molar-refractivity contribution is 6.74. The molecule has 0 fully saturated rings. The Morgan fingerprint density at radius 3 is 2.52 bits per heavy atom. The van der Waals surface area contributed by atoms with Gasteiger partial charge in [-0.15, -0.1) is 0 Å². The van der Waals surface area contributed by atoms with E-state index in [-0.39, 0.29) is 17.0 Å². The van der Waals surface area contributed by atoms with Crippen molar-refractivity contribution in [3.8, 4) is 0 Å². The van der Waals surface area contributed by atoms with Crippen LogP contribution in [0, 0.1) is 0 Å². The molecule has 0 radical (unpaired) electrons. The molecule has 0 aromatic heterocycles. The third-order valence-corrected chi connectivity index (χ3v) is 9.35. The lowest BCUT2D eigenvalue weighted by atomic mass is 10.1. The number of amides is 1. The van der Waals surface area contributed by atoms with Gasteiger partial charge in [-0.3, -0.25) is 4.79 Å². The van der Waals surface area contributed by atoms with Gasteiger partial charge in [0, 0.05) is 12.6 Å². The lowest BCUT2D eigenvalue weighted by molar-refractivity contribution is -0.117. The fraction of sp³-hybridized carbons (Fsp3) is 0.588. The summed E-state index contributed by atoms with van der Waals surface area (Å²) in [6, 6.07) is 8.30. The summed E-state index contributed by atoms with van der Waals surface area (Å²) in [4.78, 5) is 13.9. The molecule has 2 rings (SSSR count). The van der Waals surface area contributed by atoms with Crippen LogP contribution in [0.3, 0.4) is 0 Å². The summed E-state index contributed by atoms with van der Waals surface area (Å²) in [7, 11) is -1.78. The first-order valence-corrected chi connectivity index (χ1v) is 10.6. The first-order valence-electron chi connectivity index (χ1n) is 7.65. The van der Waals surface area contributed by atoms with E-state index in [4.69, 9.17) is 4.43 Å². The van der Waals surface area contributed by atoms with Crippen LogP contribution in [0.25, 0.3) is 0 Å². The Hall–Kier alpha value is -1.13. The summed E-state index contributed by atoms with van der Waals surface area (Å²) in [6.45, 7) is 13.5. The first kappa shape index (κ1) is 16.2. The van der Waals surface area contributed by atoms with Crippen LogP contribution >= 0.6 is 0 Å². The van der Waals surface area contributed by atoms with Crippen LogP contribution in [-0.4, -0.2) is 26.9 Å². The van der Waals surface area contributed by atoms with Gasteiger partial charge in [-0.2, -0.15) is 0 Å². The summed E-state index contributed by atoms with van der Waals surface area (Å²) in [5.41, 5.74) is 2.30. The number of hydrogen-bond donors (Lipinski definition) is 0. The molecule has 1 aliphatic heterocycles. The molecule has 0 saturated carbocycles. The van der Waals surface area contributed by atoms with Crippen molar-refractivity contribution < 1.29 is 9.22 Å². The molecule has 1 aromatic carbocycles. The normalized spacial score (nSPS) is 18.8. The van der Waals surface area contributed by atoms with Gasteiger partial charge in [-0.05, 0) is 36.2 Å². The third-order valence-electron chi connectivity index (χ3n) is 4.85. The molecule has 0 saturated heterocycles. The van der Waals surface area contributed by atoms with E-state index in [0.717, 1.165) is 12.1 Å². The van der Waals surface area contributed by atoms with Gasteiger partial charge in [0.1, 0.15) is 0 Å². The number of para-hydroxylation sites is 1. The van der Waals surface area contributed by atoms with Gasteiger partial charge in [0.15, 0.2) is 8.32 Å². The van der Waals surface area contributed by atoms with Gasteiger partial charge >= 0.3 is 0 Å². The van der Waals surface area contributed by atoms with Crippen molar-refractivity contribution in [2.75, 3.05) is 11.5 Å². The second-order valence-corrected chi connectivity index (χ2v) is 12.3. The summed E-state index contributed by atoms with van der Waals surface area (Å²) < 4.78 is 6.33. The lowest BCUT2D eigenvalue weighted by Crippen LogP contribution is -2.46. The quantitative estimate of drug-likeness (QED) is 0.790. The molecule has 1 amide bonds. The van der Waals surface area contributed by atoms with E-state index >= 15 is 0 Å². The molecule has 0 N–H and O–H groups in total. The predicted molar refractivity (Wildman–Crippen MR) is 90.2 cm³/mol. The Labute approximate surface area is 129 Å². The number of carbonyl (C=O) groups excluding carboxylic acids is 1. The molecular weight excluding hydrogens is 278 g/mol. The molecule has 4 heteroatoms. The largest absolute Gasteiger partial charge is 0.415 e. The van der Waals surface area contributed by atoms with Crippen LogP contribution in [-0.2, 0) is 15.6 Å². The molecule has 1 aromatic rings. The standard InChI is InChI=1S/C17H27NO2Si/c1-13(19)18-15(11-14-9-7-8-10-16(14)18)12-20-21(5,6)17(2,3)4/h7-10,15H,11-12H2,1-6H3/t15-/m1/s1. The van der Waals surface area contributed by atoms with Crippen molar-refractivity contribution in [2.45, 2.75) is 58.3 Å². The van der Waals surface area contributed by atoms with Gasteiger partial charge in [-0.25, -0.2) is 0 Å². The summed E-state index contributed by atoms with van der Waals surface area (Å²) in [5, 5.41) is 0.194. The number of hydrogen-bond acceptors (Lipinski definition) is 2. The van der Waals surface area contributed by atoms with Crippen molar-refractivity contribution in [1.29, 1.82) is 0 Å². The average molecular weight is 305 g/mol. The highest BCUT2D eigenvalue weighted by atomic mass is 28.4. The maximum atomic E-state index is 12.0. The third kappa shape index (κ3) is 3.21. The molecule has 0 bridgehead atoms. The van der Waals surface area contributed by atoms with Gasteiger partial charge < -0.3 is 9.33 Å². The fourth-order valence-electron chi connectivity index (χ4n) is 2.54. The van der Waals surface area contributed by atoms with Crippen molar-refractivity contribution in [3.63, 3.8) is 0 Å². The number of benzene rings is 1. The molecule has 116 valence electrons. The highest BCUT2D eigenvalue weighted by Gasteiger charge is 2.39. The summed E-state index contributed by atoms with van der Waals surface area (Å²) in [6.07, 6.45) is 0.893. The van der Waals surface area contributed by atoms with E-state index in [1.165, 1.54) is 5.56 Å². The first-order chi connectivity index (χ1) is 9.63. The maximum Gasteiger partial charge on any atom is 0.224 e. The topological polar surface area (TPSA) is 29.5 Å². The van der Waals surface area contributed by atoms with Crippen LogP contribution in [0.15, 0.2) is 24.3 Å². The Morgan fingerprint density at radius 2 is 1.95 bits per heavy atom. The van der Waals surface area contributed by atoms with Gasteiger partial charge in [0.05, 0.1) is 12.6 Å². The lowest BCUT2D eigenvalue weighted by Gasteiger charge is -2.38. The van der Waals surface area contributed by atoms with E-state index in [2.05, 4.69) is 39.9 Å². The minimum atomic E-state index is -1.78. The molecule has 1 aliphatic rings. The van der Waals surface area contributed by atoms with Gasteiger partial charge in [0.2, 0.25) is 5.91 Å². The molecule has 0 spiro atoms. The summed E-state index contributed by atoms with van der Waals surface area (Å²) >= 11 is 0. The van der Waals surface area contributed by atoms with Crippen LogP contribution in [0.2, 0.25) is 18.1 Å². The minimum Gasteiger partial charge on any atom is -0.415 e. The van der Waals surface area contributed by atoms with E-state index in [1.54, 1.807) is 6.92 Å². The zero-order valence-corrected chi connectivity index (χ0v) is 15.1. The number of rotatable bonds is 3. The van der Waals surface area contributed by atoms with E-state index < -0.39 is 8.32 Å². The molecule has 0 unspecified atom stereocenters. The Bertz CT molecular complexity index is 534. The zero-order valence-electron chi connectivity index (χ0n) is 14.1. The molecular formula is C17H27NO2Si.